The van der Waals surface area contributed by atoms with E-state index >= 15 is 0 Å². The molecule has 0 radical (unpaired) electrons. The molecule has 23 heavy (non-hydrogen) atoms. The highest BCUT2D eigenvalue weighted by molar-refractivity contribution is 7.99. The molecule has 3 rings (SSSR count). The summed E-state index contributed by atoms with van der Waals surface area (Å²) in [5, 5.41) is 0. The Hall–Kier alpha value is -1.75. The maximum atomic E-state index is 13.8. The van der Waals surface area contributed by atoms with Gasteiger partial charge in [-0.3, -0.25) is 4.79 Å². The quantitative estimate of drug-likeness (QED) is 0.820. The summed E-state index contributed by atoms with van der Waals surface area (Å²) in [6, 6.07) is 8.47. The van der Waals surface area contributed by atoms with Crippen LogP contribution in [0.4, 0.5) is 4.39 Å². The summed E-state index contributed by atoms with van der Waals surface area (Å²) in [6.07, 6.45) is 2.23. The predicted molar refractivity (Wildman–Crippen MR) is 90.8 cm³/mol. The second-order valence-corrected chi connectivity index (χ2v) is 6.74. The molecule has 1 aromatic heterocycles. The Morgan fingerprint density at radius 2 is 2.04 bits per heavy atom. The van der Waals surface area contributed by atoms with Crippen LogP contribution >= 0.6 is 11.8 Å². The van der Waals surface area contributed by atoms with Crippen molar-refractivity contribution in [3.63, 3.8) is 0 Å². The molecule has 1 aliphatic rings. The summed E-state index contributed by atoms with van der Waals surface area (Å²) in [4.78, 5) is 14.0. The standard InChI is InChI=1S/C18H20FNO2S/c1-13-14(11-23-12-18(21)20-8-4-5-9-20)10-17(22-13)15-6-2-3-7-16(15)19/h2-3,6-7,10H,4-5,8-9,11-12H2,1H3. The summed E-state index contributed by atoms with van der Waals surface area (Å²) in [5.41, 5.74) is 1.49. The Bertz CT molecular complexity index is 692. The molecule has 122 valence electrons. The van der Waals surface area contributed by atoms with E-state index in [4.69, 9.17) is 4.42 Å². The first-order valence-corrected chi connectivity index (χ1v) is 9.00. The van der Waals surface area contributed by atoms with Crippen molar-refractivity contribution in [3.05, 3.63) is 47.5 Å². The highest BCUT2D eigenvalue weighted by Gasteiger charge is 2.18. The first-order chi connectivity index (χ1) is 11.1. The van der Waals surface area contributed by atoms with Crippen molar-refractivity contribution in [2.24, 2.45) is 0 Å². The van der Waals surface area contributed by atoms with Gasteiger partial charge in [0.15, 0.2) is 0 Å². The number of furan rings is 1. The van der Waals surface area contributed by atoms with Gasteiger partial charge in [0.05, 0.1) is 11.3 Å². The third-order valence-corrected chi connectivity index (χ3v) is 5.07. The zero-order valence-electron chi connectivity index (χ0n) is 13.2. The fourth-order valence-corrected chi connectivity index (χ4v) is 3.73. The van der Waals surface area contributed by atoms with Crippen molar-refractivity contribution < 1.29 is 13.6 Å². The minimum Gasteiger partial charge on any atom is -0.461 e. The maximum absolute atomic E-state index is 13.8. The number of amides is 1. The normalized spacial score (nSPS) is 14.4. The van der Waals surface area contributed by atoms with Gasteiger partial charge in [0, 0.05) is 24.4 Å². The number of carbonyl (C=O) groups excluding carboxylic acids is 1. The Labute approximate surface area is 139 Å². The molecule has 0 spiro atoms. The van der Waals surface area contributed by atoms with Crippen LogP contribution in [0.1, 0.15) is 24.2 Å². The van der Waals surface area contributed by atoms with E-state index in [0.29, 0.717) is 22.8 Å². The van der Waals surface area contributed by atoms with Gasteiger partial charge in [-0.1, -0.05) is 12.1 Å². The van der Waals surface area contributed by atoms with Gasteiger partial charge in [-0.2, -0.15) is 0 Å². The van der Waals surface area contributed by atoms with Gasteiger partial charge in [-0.25, -0.2) is 4.39 Å². The van der Waals surface area contributed by atoms with Gasteiger partial charge in [0.25, 0.3) is 0 Å². The number of benzene rings is 1. The van der Waals surface area contributed by atoms with Crippen LogP contribution in [0.15, 0.2) is 34.7 Å². The van der Waals surface area contributed by atoms with E-state index in [1.54, 1.807) is 30.0 Å². The molecule has 0 aliphatic carbocycles. The third kappa shape index (κ3) is 3.78. The number of hydrogen-bond acceptors (Lipinski definition) is 3. The Kier molecular flexibility index (Phi) is 5.06. The molecule has 1 aliphatic heterocycles. The van der Waals surface area contributed by atoms with Crippen LogP contribution in [0.5, 0.6) is 0 Å². The molecule has 1 saturated heterocycles. The largest absolute Gasteiger partial charge is 0.461 e. The number of thioether (sulfide) groups is 1. The van der Waals surface area contributed by atoms with Gasteiger partial charge < -0.3 is 9.32 Å². The lowest BCUT2D eigenvalue weighted by atomic mass is 10.1. The molecule has 5 heteroatoms. The van der Waals surface area contributed by atoms with Crippen molar-refractivity contribution in [2.45, 2.75) is 25.5 Å². The minimum atomic E-state index is -0.287. The van der Waals surface area contributed by atoms with Crippen molar-refractivity contribution in [3.8, 4) is 11.3 Å². The van der Waals surface area contributed by atoms with E-state index in [1.165, 1.54) is 6.07 Å². The number of likely N-dealkylation sites (tertiary alicyclic amines) is 1. The van der Waals surface area contributed by atoms with Crippen LogP contribution in [0.3, 0.4) is 0 Å². The molecule has 0 N–H and O–H groups in total. The Balaban J connectivity index is 1.61. The van der Waals surface area contributed by atoms with Gasteiger partial charge >= 0.3 is 0 Å². The van der Waals surface area contributed by atoms with Crippen LogP contribution in [0.2, 0.25) is 0 Å². The second-order valence-electron chi connectivity index (χ2n) is 5.75. The molecule has 0 saturated carbocycles. The topological polar surface area (TPSA) is 33.5 Å². The average Bonchev–Trinajstić information content (AvgIpc) is 3.18. The van der Waals surface area contributed by atoms with Gasteiger partial charge in [0.2, 0.25) is 5.91 Å². The van der Waals surface area contributed by atoms with Gasteiger partial charge in [-0.05, 0) is 38.0 Å². The number of halogens is 1. The number of rotatable bonds is 5. The number of carbonyl (C=O) groups is 1. The third-order valence-electron chi connectivity index (χ3n) is 4.10. The minimum absolute atomic E-state index is 0.211. The van der Waals surface area contributed by atoms with Crippen molar-refractivity contribution in [1.82, 2.24) is 4.90 Å². The van der Waals surface area contributed by atoms with Crippen molar-refractivity contribution in [1.29, 1.82) is 0 Å². The second kappa shape index (κ2) is 7.21. The molecule has 0 unspecified atom stereocenters. The summed E-state index contributed by atoms with van der Waals surface area (Å²) in [7, 11) is 0. The molecule has 0 atom stereocenters. The van der Waals surface area contributed by atoms with Crippen molar-refractivity contribution in [2.75, 3.05) is 18.8 Å². The lowest BCUT2D eigenvalue weighted by Gasteiger charge is -2.14. The van der Waals surface area contributed by atoms with E-state index < -0.39 is 0 Å². The fourth-order valence-electron chi connectivity index (χ4n) is 2.76. The van der Waals surface area contributed by atoms with E-state index in [-0.39, 0.29) is 11.7 Å². The van der Waals surface area contributed by atoms with Crippen LogP contribution in [-0.4, -0.2) is 29.6 Å². The van der Waals surface area contributed by atoms with Gasteiger partial charge in [0.1, 0.15) is 17.3 Å². The summed E-state index contributed by atoms with van der Waals surface area (Å²) >= 11 is 1.58. The van der Waals surface area contributed by atoms with E-state index in [1.807, 2.05) is 17.9 Å². The van der Waals surface area contributed by atoms with Crippen LogP contribution < -0.4 is 0 Å². The maximum Gasteiger partial charge on any atom is 0.232 e. The lowest BCUT2D eigenvalue weighted by Crippen LogP contribution is -2.29. The smallest absolute Gasteiger partial charge is 0.232 e. The zero-order chi connectivity index (χ0) is 16.2. The summed E-state index contributed by atoms with van der Waals surface area (Å²) < 4.78 is 19.5. The highest BCUT2D eigenvalue weighted by atomic mass is 32.2. The molecule has 3 nitrogen and oxygen atoms in total. The molecule has 2 heterocycles. The zero-order valence-corrected chi connectivity index (χ0v) is 14.0. The first-order valence-electron chi connectivity index (χ1n) is 7.85. The molecule has 0 bridgehead atoms. The molecule has 1 amide bonds. The van der Waals surface area contributed by atoms with E-state index in [2.05, 4.69) is 0 Å². The van der Waals surface area contributed by atoms with Crippen LogP contribution in [0, 0.1) is 12.7 Å². The number of nitrogens with zero attached hydrogens (tertiary/aromatic N) is 1. The first kappa shape index (κ1) is 16.1. The number of hydrogen-bond donors (Lipinski definition) is 0. The summed E-state index contributed by atoms with van der Waals surface area (Å²) in [6.45, 7) is 3.66. The van der Waals surface area contributed by atoms with E-state index in [9.17, 15) is 9.18 Å². The van der Waals surface area contributed by atoms with E-state index in [0.717, 1.165) is 37.3 Å². The molecule has 1 fully saturated rings. The highest BCUT2D eigenvalue weighted by Crippen LogP contribution is 2.29. The summed E-state index contributed by atoms with van der Waals surface area (Å²) in [5.74, 6) is 2.43. The number of aryl methyl sites for hydroxylation is 1. The van der Waals surface area contributed by atoms with Crippen LogP contribution in [-0.2, 0) is 10.5 Å². The average molecular weight is 333 g/mol. The Morgan fingerprint density at radius 3 is 2.78 bits per heavy atom. The van der Waals surface area contributed by atoms with Crippen LogP contribution in [0.25, 0.3) is 11.3 Å². The lowest BCUT2D eigenvalue weighted by molar-refractivity contribution is -0.127. The predicted octanol–water partition coefficient (Wildman–Crippen LogP) is 4.25. The fraction of sp³-hybridized carbons (Fsp3) is 0.389. The monoisotopic (exact) mass is 333 g/mol. The van der Waals surface area contributed by atoms with Gasteiger partial charge in [-0.15, -0.1) is 11.8 Å². The SMILES string of the molecule is Cc1oc(-c2ccccc2F)cc1CSCC(=O)N1CCCC1. The van der Waals surface area contributed by atoms with Crippen molar-refractivity contribution >= 4 is 17.7 Å². The molecule has 1 aromatic carbocycles. The molecule has 2 aromatic rings. The molecular formula is C18H20FNO2S. The Morgan fingerprint density at radius 1 is 1.30 bits per heavy atom. The molecular weight excluding hydrogens is 313 g/mol.